The lowest BCUT2D eigenvalue weighted by Crippen LogP contribution is -2.16. The minimum absolute atomic E-state index is 0.0604. The third-order valence-electron chi connectivity index (χ3n) is 3.41. The summed E-state index contributed by atoms with van der Waals surface area (Å²) in [5.41, 5.74) is 1.74. The second kappa shape index (κ2) is 4.79. The number of rotatable bonds is 2. The Morgan fingerprint density at radius 3 is 2.67 bits per heavy atom. The topological polar surface area (TPSA) is 75.1 Å². The Bertz CT molecular complexity index is 924. The van der Waals surface area contributed by atoms with Crippen molar-refractivity contribution in [1.29, 1.82) is 0 Å². The van der Waals surface area contributed by atoms with E-state index in [1.165, 1.54) is 10.6 Å². The van der Waals surface area contributed by atoms with Gasteiger partial charge >= 0.3 is 11.7 Å². The molecule has 0 saturated carbocycles. The summed E-state index contributed by atoms with van der Waals surface area (Å²) in [5.74, 6) is -1.09. The third kappa shape index (κ3) is 2.02. The van der Waals surface area contributed by atoms with Crippen LogP contribution < -0.4 is 5.69 Å². The van der Waals surface area contributed by atoms with Crippen molar-refractivity contribution in [3.8, 4) is 5.69 Å². The average Bonchev–Trinajstić information content (AvgIpc) is 2.77. The lowest BCUT2D eigenvalue weighted by Gasteiger charge is -2.10. The summed E-state index contributed by atoms with van der Waals surface area (Å²) in [6.45, 7) is 1.78. The molecule has 0 amide bonds. The maximum absolute atomic E-state index is 12.2. The molecule has 5 nitrogen and oxygen atoms in total. The Morgan fingerprint density at radius 2 is 1.95 bits per heavy atom. The number of nitrogens with one attached hydrogen (secondary N) is 1. The van der Waals surface area contributed by atoms with E-state index < -0.39 is 11.7 Å². The summed E-state index contributed by atoms with van der Waals surface area (Å²) in [4.78, 5) is 26.3. The highest BCUT2D eigenvalue weighted by Crippen LogP contribution is 2.25. The molecule has 2 N–H and O–H groups in total. The number of nitrogens with zero attached hydrogens (tertiary/aromatic N) is 1. The minimum atomic E-state index is -1.09. The van der Waals surface area contributed by atoms with Gasteiger partial charge in [0, 0.05) is 5.02 Å². The molecule has 106 valence electrons. The third-order valence-corrected chi connectivity index (χ3v) is 3.82. The van der Waals surface area contributed by atoms with Gasteiger partial charge in [0.15, 0.2) is 0 Å². The van der Waals surface area contributed by atoms with Crippen LogP contribution in [-0.2, 0) is 0 Å². The van der Waals surface area contributed by atoms with Crippen LogP contribution in [0.5, 0.6) is 0 Å². The van der Waals surface area contributed by atoms with Gasteiger partial charge in [0.25, 0.3) is 0 Å². The summed E-state index contributed by atoms with van der Waals surface area (Å²) < 4.78 is 1.35. The summed E-state index contributed by atoms with van der Waals surface area (Å²) in [7, 11) is 0. The van der Waals surface area contributed by atoms with Crippen molar-refractivity contribution in [3.63, 3.8) is 0 Å². The largest absolute Gasteiger partial charge is 0.478 e. The first-order chi connectivity index (χ1) is 10.0. The molecule has 2 aromatic carbocycles. The number of H-pyrrole nitrogens is 1. The van der Waals surface area contributed by atoms with Gasteiger partial charge in [-0.15, -0.1) is 0 Å². The molecule has 0 bridgehead atoms. The number of fused-ring (bicyclic) bond motifs is 1. The first-order valence-electron chi connectivity index (χ1n) is 6.23. The average molecular weight is 303 g/mol. The molecule has 0 atom stereocenters. The Balaban J connectivity index is 2.48. The summed E-state index contributed by atoms with van der Waals surface area (Å²) in [6.07, 6.45) is 0. The molecule has 1 heterocycles. The zero-order chi connectivity index (χ0) is 15.1. The van der Waals surface area contributed by atoms with Gasteiger partial charge in [-0.2, -0.15) is 0 Å². The number of carbonyl (C=O) groups is 1. The fraction of sp³-hybridized carbons (Fsp3) is 0.0667. The van der Waals surface area contributed by atoms with Gasteiger partial charge in [-0.3, -0.25) is 4.57 Å². The fourth-order valence-electron chi connectivity index (χ4n) is 2.40. The summed E-state index contributed by atoms with van der Waals surface area (Å²) in [6, 6.07) is 9.90. The zero-order valence-electron chi connectivity index (χ0n) is 11.1. The quantitative estimate of drug-likeness (QED) is 0.764. The number of carboxylic acids is 1. The molecule has 3 aromatic rings. The maximum atomic E-state index is 12.2. The molecule has 0 fully saturated rings. The van der Waals surface area contributed by atoms with Gasteiger partial charge in [-0.1, -0.05) is 23.7 Å². The molecule has 0 spiro atoms. The van der Waals surface area contributed by atoms with Gasteiger partial charge < -0.3 is 10.1 Å². The number of aromatic nitrogens is 2. The van der Waals surface area contributed by atoms with E-state index in [9.17, 15) is 14.7 Å². The number of hydrogen-bond acceptors (Lipinski definition) is 2. The highest BCUT2D eigenvalue weighted by Gasteiger charge is 2.18. The van der Waals surface area contributed by atoms with Crippen LogP contribution in [0.4, 0.5) is 0 Å². The van der Waals surface area contributed by atoms with E-state index >= 15 is 0 Å². The van der Waals surface area contributed by atoms with Crippen LogP contribution in [0.25, 0.3) is 16.7 Å². The SMILES string of the molecule is Cc1c(Cl)cccc1-n1c(=O)[nH]c2cccc(C(=O)O)c21. The molecular weight excluding hydrogens is 292 g/mol. The standard InChI is InChI=1S/C15H11ClN2O3/c1-8-10(16)5-3-7-12(8)18-13-9(14(19)20)4-2-6-11(13)17-15(18)21/h2-7H,1H3,(H,17,21)(H,19,20). The van der Waals surface area contributed by atoms with Gasteiger partial charge in [0.05, 0.1) is 22.3 Å². The number of para-hydroxylation sites is 1. The van der Waals surface area contributed by atoms with Gasteiger partial charge in [0.1, 0.15) is 0 Å². The molecule has 0 aliphatic heterocycles. The van der Waals surface area contributed by atoms with E-state index in [1.807, 2.05) is 0 Å². The molecule has 21 heavy (non-hydrogen) atoms. The number of carboxylic acid groups (broad SMARTS) is 1. The van der Waals surface area contributed by atoms with E-state index in [1.54, 1.807) is 37.3 Å². The minimum Gasteiger partial charge on any atom is -0.478 e. The Labute approximate surface area is 124 Å². The molecule has 0 saturated heterocycles. The fourth-order valence-corrected chi connectivity index (χ4v) is 2.57. The van der Waals surface area contributed by atoms with Crippen molar-refractivity contribution >= 4 is 28.6 Å². The Morgan fingerprint density at radius 1 is 1.24 bits per heavy atom. The number of hydrogen-bond donors (Lipinski definition) is 2. The van der Waals surface area contributed by atoms with Crippen LogP contribution >= 0.6 is 11.6 Å². The van der Waals surface area contributed by atoms with Crippen molar-refractivity contribution in [1.82, 2.24) is 9.55 Å². The molecule has 0 aliphatic rings. The predicted molar refractivity (Wildman–Crippen MR) is 80.6 cm³/mol. The summed E-state index contributed by atoms with van der Waals surface area (Å²) >= 11 is 6.09. The number of aromatic carboxylic acids is 1. The van der Waals surface area contributed by atoms with Crippen LogP contribution in [0.1, 0.15) is 15.9 Å². The molecular formula is C15H11ClN2O3. The van der Waals surface area contributed by atoms with E-state index in [0.717, 1.165) is 0 Å². The monoisotopic (exact) mass is 302 g/mol. The van der Waals surface area contributed by atoms with Crippen LogP contribution in [0.2, 0.25) is 5.02 Å². The van der Waals surface area contributed by atoms with Gasteiger partial charge in [-0.05, 0) is 36.8 Å². The van der Waals surface area contributed by atoms with Crippen LogP contribution in [0.15, 0.2) is 41.2 Å². The Hall–Kier alpha value is -2.53. The second-order valence-electron chi connectivity index (χ2n) is 4.66. The number of halogens is 1. The first-order valence-corrected chi connectivity index (χ1v) is 6.61. The first kappa shape index (κ1) is 13.5. The van der Waals surface area contributed by atoms with Crippen molar-refractivity contribution in [2.45, 2.75) is 6.92 Å². The lowest BCUT2D eigenvalue weighted by atomic mass is 10.1. The molecule has 0 aliphatic carbocycles. The van der Waals surface area contributed by atoms with E-state index in [-0.39, 0.29) is 5.56 Å². The van der Waals surface area contributed by atoms with Crippen molar-refractivity contribution < 1.29 is 9.90 Å². The molecule has 6 heteroatoms. The number of benzene rings is 2. The van der Waals surface area contributed by atoms with E-state index in [0.29, 0.717) is 27.3 Å². The molecule has 0 radical (unpaired) electrons. The normalized spacial score (nSPS) is 11.0. The smallest absolute Gasteiger partial charge is 0.337 e. The van der Waals surface area contributed by atoms with Crippen molar-refractivity contribution in [2.24, 2.45) is 0 Å². The zero-order valence-corrected chi connectivity index (χ0v) is 11.8. The highest BCUT2D eigenvalue weighted by atomic mass is 35.5. The molecule has 0 unspecified atom stereocenters. The Kier molecular flexibility index (Phi) is 3.07. The van der Waals surface area contributed by atoms with Crippen LogP contribution in [0, 0.1) is 6.92 Å². The summed E-state index contributed by atoms with van der Waals surface area (Å²) in [5, 5.41) is 9.85. The van der Waals surface area contributed by atoms with Gasteiger partial charge in [0.2, 0.25) is 0 Å². The number of imidazole rings is 1. The van der Waals surface area contributed by atoms with Crippen LogP contribution in [0.3, 0.4) is 0 Å². The number of aromatic amines is 1. The van der Waals surface area contributed by atoms with Gasteiger partial charge in [-0.25, -0.2) is 9.59 Å². The molecule has 1 aromatic heterocycles. The van der Waals surface area contributed by atoms with E-state index in [2.05, 4.69) is 4.98 Å². The lowest BCUT2D eigenvalue weighted by molar-refractivity contribution is 0.0698. The predicted octanol–water partition coefficient (Wildman–Crippen LogP) is 2.98. The molecule has 3 rings (SSSR count). The van der Waals surface area contributed by atoms with E-state index in [4.69, 9.17) is 11.6 Å². The van der Waals surface area contributed by atoms with Crippen molar-refractivity contribution in [2.75, 3.05) is 0 Å². The van der Waals surface area contributed by atoms with Crippen LogP contribution in [-0.4, -0.2) is 20.6 Å². The van der Waals surface area contributed by atoms with Crippen molar-refractivity contribution in [3.05, 3.63) is 63.0 Å². The second-order valence-corrected chi connectivity index (χ2v) is 5.06. The maximum Gasteiger partial charge on any atom is 0.337 e. The highest BCUT2D eigenvalue weighted by molar-refractivity contribution is 6.31.